The normalized spacial score (nSPS) is 10.6. The van der Waals surface area contributed by atoms with Crippen molar-refractivity contribution in [2.24, 2.45) is 7.05 Å². The smallest absolute Gasteiger partial charge is 0.315 e. The molecule has 0 bridgehead atoms. The van der Waals surface area contributed by atoms with Gasteiger partial charge in [-0.05, 0) is 23.8 Å². The van der Waals surface area contributed by atoms with Crippen LogP contribution in [0.5, 0.6) is 0 Å². The summed E-state index contributed by atoms with van der Waals surface area (Å²) in [6.07, 6.45) is 5.17. The van der Waals surface area contributed by atoms with Crippen LogP contribution in [-0.4, -0.2) is 20.8 Å². The average Bonchev–Trinajstić information content (AvgIpc) is 3.06. The van der Waals surface area contributed by atoms with E-state index in [4.69, 9.17) is 0 Å². The minimum atomic E-state index is -0.698. The maximum atomic E-state index is 13.6. The van der Waals surface area contributed by atoms with Gasteiger partial charge in [0.1, 0.15) is 11.6 Å². The lowest BCUT2D eigenvalue weighted by molar-refractivity contribution is 0.240. The maximum Gasteiger partial charge on any atom is 0.315 e. The molecule has 134 valence electrons. The van der Waals surface area contributed by atoms with E-state index in [1.54, 1.807) is 30.2 Å². The minimum Gasteiger partial charge on any atom is -0.334 e. The van der Waals surface area contributed by atoms with Crippen LogP contribution in [0.4, 0.5) is 13.6 Å². The van der Waals surface area contributed by atoms with Crippen LogP contribution in [-0.2, 0) is 20.1 Å². The van der Waals surface area contributed by atoms with Gasteiger partial charge >= 0.3 is 6.03 Å². The van der Waals surface area contributed by atoms with Gasteiger partial charge in [-0.3, -0.25) is 9.67 Å². The Labute approximate surface area is 148 Å². The van der Waals surface area contributed by atoms with E-state index in [0.717, 1.165) is 23.3 Å². The lowest BCUT2D eigenvalue weighted by atomic mass is 10.1. The van der Waals surface area contributed by atoms with Crippen molar-refractivity contribution in [2.75, 3.05) is 0 Å². The highest BCUT2D eigenvalue weighted by molar-refractivity contribution is 5.74. The van der Waals surface area contributed by atoms with Gasteiger partial charge in [0.05, 0.1) is 18.4 Å². The number of urea groups is 1. The summed E-state index contributed by atoms with van der Waals surface area (Å²) in [6, 6.07) is 6.64. The molecular weight excluding hydrogens is 340 g/mol. The lowest BCUT2D eigenvalue weighted by Gasteiger charge is -2.11. The second-order valence-electron chi connectivity index (χ2n) is 5.65. The molecule has 0 saturated carbocycles. The van der Waals surface area contributed by atoms with E-state index < -0.39 is 17.7 Å². The van der Waals surface area contributed by atoms with Gasteiger partial charge in [-0.1, -0.05) is 12.1 Å². The average molecular weight is 357 g/mol. The van der Waals surface area contributed by atoms with Gasteiger partial charge in [0.2, 0.25) is 0 Å². The molecule has 0 fully saturated rings. The fourth-order valence-corrected chi connectivity index (χ4v) is 2.49. The molecule has 0 radical (unpaired) electrons. The summed E-state index contributed by atoms with van der Waals surface area (Å²) in [5.74, 6) is -1.40. The number of rotatable bonds is 5. The summed E-state index contributed by atoms with van der Waals surface area (Å²) in [4.78, 5) is 16.3. The molecule has 2 heterocycles. The van der Waals surface area contributed by atoms with E-state index in [2.05, 4.69) is 20.7 Å². The number of halogens is 2. The van der Waals surface area contributed by atoms with Crippen molar-refractivity contribution in [1.29, 1.82) is 0 Å². The molecule has 0 aliphatic rings. The maximum absolute atomic E-state index is 13.6. The number of carbonyl (C=O) groups is 1. The number of aromatic nitrogens is 3. The first-order valence-electron chi connectivity index (χ1n) is 7.92. The Balaban J connectivity index is 1.62. The van der Waals surface area contributed by atoms with Crippen LogP contribution in [0.1, 0.15) is 11.1 Å². The van der Waals surface area contributed by atoms with E-state index in [9.17, 15) is 13.6 Å². The molecule has 8 heteroatoms. The second-order valence-corrected chi connectivity index (χ2v) is 5.65. The molecule has 0 saturated heterocycles. The molecule has 3 aromatic rings. The standard InChI is InChI=1S/C18H17F2N5O/c1-25-11-13(9-24-25)17-12(4-3-7-21-17)8-22-18(26)23-10-14-15(19)5-2-6-16(14)20/h2-7,9,11H,8,10H2,1H3,(H2,22,23,26). The molecule has 2 amide bonds. The molecule has 0 aliphatic heterocycles. The number of benzene rings is 1. The van der Waals surface area contributed by atoms with Gasteiger partial charge in [-0.15, -0.1) is 0 Å². The fraction of sp³-hybridized carbons (Fsp3) is 0.167. The molecule has 0 aliphatic carbocycles. The zero-order valence-electron chi connectivity index (χ0n) is 14.0. The molecule has 0 spiro atoms. The number of aryl methyl sites for hydroxylation is 1. The Kier molecular flexibility index (Phi) is 5.21. The van der Waals surface area contributed by atoms with Crippen molar-refractivity contribution in [3.63, 3.8) is 0 Å². The molecule has 0 unspecified atom stereocenters. The lowest BCUT2D eigenvalue weighted by Crippen LogP contribution is -2.35. The SMILES string of the molecule is Cn1cc(-c2ncccc2CNC(=O)NCc2c(F)cccc2F)cn1. The Bertz CT molecular complexity index is 905. The summed E-state index contributed by atoms with van der Waals surface area (Å²) in [5, 5.41) is 9.23. The van der Waals surface area contributed by atoms with Crippen LogP contribution < -0.4 is 10.6 Å². The number of hydrogen-bond donors (Lipinski definition) is 2. The predicted molar refractivity (Wildman–Crippen MR) is 91.9 cm³/mol. The second kappa shape index (κ2) is 7.73. The molecule has 2 aromatic heterocycles. The zero-order chi connectivity index (χ0) is 18.5. The molecular formula is C18H17F2N5O. The number of nitrogens with zero attached hydrogens (tertiary/aromatic N) is 3. The molecule has 6 nitrogen and oxygen atoms in total. The number of hydrogen-bond acceptors (Lipinski definition) is 3. The van der Waals surface area contributed by atoms with Crippen LogP contribution in [0, 0.1) is 11.6 Å². The van der Waals surface area contributed by atoms with Crippen LogP contribution in [0.2, 0.25) is 0 Å². The van der Waals surface area contributed by atoms with E-state index in [1.165, 1.54) is 6.07 Å². The van der Waals surface area contributed by atoms with Gasteiger partial charge in [-0.25, -0.2) is 13.6 Å². The molecule has 26 heavy (non-hydrogen) atoms. The summed E-state index contributed by atoms with van der Waals surface area (Å²) in [6.45, 7) is -0.0313. The third kappa shape index (κ3) is 4.02. The Hall–Kier alpha value is -3.29. The minimum absolute atomic E-state index is 0.180. The van der Waals surface area contributed by atoms with E-state index in [-0.39, 0.29) is 18.7 Å². The van der Waals surface area contributed by atoms with Gasteiger partial charge < -0.3 is 10.6 Å². The Morgan fingerprint density at radius 2 is 1.85 bits per heavy atom. The monoisotopic (exact) mass is 357 g/mol. The molecule has 3 rings (SSSR count). The van der Waals surface area contributed by atoms with Crippen molar-refractivity contribution >= 4 is 6.03 Å². The van der Waals surface area contributed by atoms with Crippen molar-refractivity contribution in [2.45, 2.75) is 13.1 Å². The third-order valence-corrected chi connectivity index (χ3v) is 3.80. The van der Waals surface area contributed by atoms with Crippen LogP contribution in [0.25, 0.3) is 11.3 Å². The highest BCUT2D eigenvalue weighted by atomic mass is 19.1. The highest BCUT2D eigenvalue weighted by Crippen LogP contribution is 2.20. The number of amides is 2. The molecule has 2 N–H and O–H groups in total. The number of pyridine rings is 1. The molecule has 0 atom stereocenters. The predicted octanol–water partition coefficient (Wildman–Crippen LogP) is 2.76. The van der Waals surface area contributed by atoms with Crippen molar-refractivity contribution < 1.29 is 13.6 Å². The summed E-state index contributed by atoms with van der Waals surface area (Å²) in [5.41, 5.74) is 2.16. The van der Waals surface area contributed by atoms with E-state index in [0.29, 0.717) is 5.69 Å². The van der Waals surface area contributed by atoms with Gasteiger partial charge in [0, 0.05) is 37.1 Å². The zero-order valence-corrected chi connectivity index (χ0v) is 14.0. The third-order valence-electron chi connectivity index (χ3n) is 3.80. The van der Waals surface area contributed by atoms with Crippen molar-refractivity contribution in [3.05, 3.63) is 71.7 Å². The Morgan fingerprint density at radius 3 is 2.54 bits per heavy atom. The van der Waals surface area contributed by atoms with Crippen molar-refractivity contribution in [1.82, 2.24) is 25.4 Å². The first kappa shape index (κ1) is 17.5. The van der Waals surface area contributed by atoms with Gasteiger partial charge in [0.25, 0.3) is 0 Å². The first-order valence-corrected chi connectivity index (χ1v) is 7.92. The van der Waals surface area contributed by atoms with Gasteiger partial charge in [0.15, 0.2) is 0 Å². The van der Waals surface area contributed by atoms with Crippen LogP contribution in [0.3, 0.4) is 0 Å². The highest BCUT2D eigenvalue weighted by Gasteiger charge is 2.11. The summed E-state index contributed by atoms with van der Waals surface area (Å²) >= 11 is 0. The van der Waals surface area contributed by atoms with E-state index in [1.807, 2.05) is 12.3 Å². The van der Waals surface area contributed by atoms with Gasteiger partial charge in [-0.2, -0.15) is 5.10 Å². The van der Waals surface area contributed by atoms with Crippen LogP contribution >= 0.6 is 0 Å². The Morgan fingerprint density at radius 1 is 1.12 bits per heavy atom. The summed E-state index contributed by atoms with van der Waals surface area (Å²) in [7, 11) is 1.81. The number of nitrogens with one attached hydrogen (secondary N) is 2. The topological polar surface area (TPSA) is 71.8 Å². The van der Waals surface area contributed by atoms with Crippen LogP contribution in [0.15, 0.2) is 48.9 Å². The summed E-state index contributed by atoms with van der Waals surface area (Å²) < 4.78 is 28.8. The van der Waals surface area contributed by atoms with Crippen molar-refractivity contribution in [3.8, 4) is 11.3 Å². The first-order chi connectivity index (χ1) is 12.5. The van der Waals surface area contributed by atoms with E-state index >= 15 is 0 Å². The molecule has 1 aromatic carbocycles. The fourth-order valence-electron chi connectivity index (χ4n) is 2.49. The quantitative estimate of drug-likeness (QED) is 0.738. The largest absolute Gasteiger partial charge is 0.334 e. The number of carbonyl (C=O) groups excluding carboxylic acids is 1.